The first kappa shape index (κ1) is 10.7. The fourth-order valence-electron chi connectivity index (χ4n) is 1.23. The van der Waals surface area contributed by atoms with Gasteiger partial charge < -0.3 is 10.8 Å². The van der Waals surface area contributed by atoms with Gasteiger partial charge in [-0.2, -0.15) is 0 Å². The Morgan fingerprint density at radius 1 is 1.46 bits per heavy atom. The fourth-order valence-corrected chi connectivity index (χ4v) is 2.20. The van der Waals surface area contributed by atoms with Crippen LogP contribution in [-0.2, 0) is 0 Å². The van der Waals surface area contributed by atoms with Crippen molar-refractivity contribution in [1.82, 2.24) is 0 Å². The molecule has 0 aromatic carbocycles. The molecule has 0 fully saturated rings. The van der Waals surface area contributed by atoms with Crippen molar-refractivity contribution >= 4 is 11.3 Å². The molecule has 0 aliphatic rings. The summed E-state index contributed by atoms with van der Waals surface area (Å²) in [7, 11) is 0. The van der Waals surface area contributed by atoms with Gasteiger partial charge in [0.25, 0.3) is 0 Å². The lowest BCUT2D eigenvalue weighted by molar-refractivity contribution is 0.128. The fraction of sp³-hybridized carbons (Fsp3) is 0.600. The predicted octanol–water partition coefficient (Wildman–Crippen LogP) is 2.07. The second kappa shape index (κ2) is 4.22. The van der Waals surface area contributed by atoms with Crippen molar-refractivity contribution in [3.05, 3.63) is 21.9 Å². The zero-order valence-electron chi connectivity index (χ0n) is 8.32. The largest absolute Gasteiger partial charge is 0.386 e. The summed E-state index contributed by atoms with van der Waals surface area (Å²) in [6, 6.07) is 1.84. The Kier molecular flexibility index (Phi) is 3.47. The molecule has 1 rings (SSSR count). The minimum absolute atomic E-state index is 0.169. The molecule has 0 radical (unpaired) electrons. The number of thiophene rings is 1. The molecular weight excluding hydrogens is 182 g/mol. The summed E-state index contributed by atoms with van der Waals surface area (Å²) in [6.07, 6.45) is -0.514. The van der Waals surface area contributed by atoms with Gasteiger partial charge in [0.15, 0.2) is 0 Å². The van der Waals surface area contributed by atoms with E-state index in [9.17, 15) is 5.11 Å². The van der Waals surface area contributed by atoms with Gasteiger partial charge in [-0.1, -0.05) is 13.8 Å². The van der Waals surface area contributed by atoms with Crippen molar-refractivity contribution in [2.75, 3.05) is 0 Å². The summed E-state index contributed by atoms with van der Waals surface area (Å²) in [4.78, 5) is 1.00. The van der Waals surface area contributed by atoms with Crippen LogP contribution >= 0.6 is 11.3 Å². The Bertz CT molecular complexity index is 270. The summed E-state index contributed by atoms with van der Waals surface area (Å²) < 4.78 is 0. The van der Waals surface area contributed by atoms with Crippen LogP contribution in [0.4, 0.5) is 0 Å². The van der Waals surface area contributed by atoms with Crippen LogP contribution in [0.3, 0.4) is 0 Å². The van der Waals surface area contributed by atoms with E-state index >= 15 is 0 Å². The van der Waals surface area contributed by atoms with E-state index in [0.29, 0.717) is 5.92 Å². The Labute approximate surface area is 83.4 Å². The average Bonchev–Trinajstić information content (AvgIpc) is 2.48. The van der Waals surface area contributed by atoms with Crippen molar-refractivity contribution in [2.45, 2.75) is 32.9 Å². The van der Waals surface area contributed by atoms with Crippen LogP contribution in [0.1, 0.15) is 30.4 Å². The molecule has 74 valence electrons. The van der Waals surface area contributed by atoms with Crippen molar-refractivity contribution in [1.29, 1.82) is 0 Å². The van der Waals surface area contributed by atoms with E-state index in [0.717, 1.165) is 10.4 Å². The smallest absolute Gasteiger partial charge is 0.104 e. The number of rotatable bonds is 3. The van der Waals surface area contributed by atoms with E-state index in [-0.39, 0.29) is 6.04 Å². The van der Waals surface area contributed by atoms with Crippen LogP contribution < -0.4 is 5.73 Å². The van der Waals surface area contributed by atoms with Gasteiger partial charge in [-0.05, 0) is 29.9 Å². The quantitative estimate of drug-likeness (QED) is 0.783. The molecule has 0 spiro atoms. The number of nitrogens with two attached hydrogens (primary N) is 1. The maximum absolute atomic E-state index is 9.91. The molecule has 2 nitrogen and oxygen atoms in total. The van der Waals surface area contributed by atoms with Gasteiger partial charge in [-0.15, -0.1) is 11.3 Å². The molecule has 1 aromatic heterocycles. The molecule has 3 N–H and O–H groups in total. The lowest BCUT2D eigenvalue weighted by Gasteiger charge is -2.21. The lowest BCUT2D eigenvalue weighted by Crippen LogP contribution is -2.33. The Morgan fingerprint density at radius 3 is 2.46 bits per heavy atom. The van der Waals surface area contributed by atoms with Crippen LogP contribution in [0.5, 0.6) is 0 Å². The van der Waals surface area contributed by atoms with Crippen LogP contribution in [0.25, 0.3) is 0 Å². The van der Waals surface area contributed by atoms with Gasteiger partial charge in [0.05, 0.1) is 0 Å². The first-order valence-corrected chi connectivity index (χ1v) is 5.39. The van der Waals surface area contributed by atoms with E-state index in [1.807, 2.05) is 32.2 Å². The Morgan fingerprint density at radius 2 is 2.08 bits per heavy atom. The highest BCUT2D eigenvalue weighted by molar-refractivity contribution is 7.10. The average molecular weight is 199 g/mol. The Balaban J connectivity index is 2.79. The topological polar surface area (TPSA) is 46.2 Å². The van der Waals surface area contributed by atoms with E-state index in [1.165, 1.54) is 0 Å². The molecule has 0 saturated carbocycles. The third-order valence-corrected chi connectivity index (χ3v) is 3.39. The molecule has 1 heterocycles. The number of hydrogen-bond donors (Lipinski definition) is 2. The van der Waals surface area contributed by atoms with Gasteiger partial charge in [0.2, 0.25) is 0 Å². The van der Waals surface area contributed by atoms with Crippen LogP contribution in [-0.4, -0.2) is 11.1 Å². The van der Waals surface area contributed by atoms with Gasteiger partial charge in [0, 0.05) is 10.9 Å². The van der Waals surface area contributed by atoms with Gasteiger partial charge >= 0.3 is 0 Å². The minimum Gasteiger partial charge on any atom is -0.386 e. The molecule has 0 aliphatic carbocycles. The molecule has 13 heavy (non-hydrogen) atoms. The highest BCUT2D eigenvalue weighted by atomic mass is 32.1. The molecule has 1 aromatic rings. The van der Waals surface area contributed by atoms with Gasteiger partial charge in [-0.3, -0.25) is 0 Å². The maximum atomic E-state index is 9.91. The maximum Gasteiger partial charge on any atom is 0.104 e. The normalized spacial score (nSPS) is 16.2. The van der Waals surface area contributed by atoms with Crippen LogP contribution in [0, 0.1) is 12.8 Å². The molecule has 0 saturated heterocycles. The van der Waals surface area contributed by atoms with Crippen LogP contribution in [0.2, 0.25) is 0 Å². The standard InChI is InChI=1S/C10H17NOS/c1-6(2)8(11)9(12)10-7(3)4-5-13-10/h4-6,8-9,12H,11H2,1-3H3/t8-,9?/m1/s1. The summed E-state index contributed by atoms with van der Waals surface area (Å²) in [5.41, 5.74) is 7.01. The van der Waals surface area contributed by atoms with Gasteiger partial charge in [-0.25, -0.2) is 0 Å². The molecule has 3 heteroatoms. The third-order valence-electron chi connectivity index (χ3n) is 2.30. The van der Waals surface area contributed by atoms with E-state index in [1.54, 1.807) is 11.3 Å². The van der Waals surface area contributed by atoms with E-state index < -0.39 is 6.10 Å². The van der Waals surface area contributed by atoms with E-state index in [4.69, 9.17) is 5.73 Å². The van der Waals surface area contributed by atoms with Crippen molar-refractivity contribution in [3.63, 3.8) is 0 Å². The molecular formula is C10H17NOS. The molecule has 0 amide bonds. The van der Waals surface area contributed by atoms with Crippen LogP contribution in [0.15, 0.2) is 11.4 Å². The molecule has 2 atom stereocenters. The first-order valence-electron chi connectivity index (χ1n) is 4.51. The molecule has 0 aliphatic heterocycles. The monoisotopic (exact) mass is 199 g/mol. The number of aliphatic hydroxyl groups excluding tert-OH is 1. The van der Waals surface area contributed by atoms with E-state index in [2.05, 4.69) is 0 Å². The number of aryl methyl sites for hydroxylation is 1. The predicted molar refractivity (Wildman–Crippen MR) is 56.8 cm³/mol. The van der Waals surface area contributed by atoms with Gasteiger partial charge in [0.1, 0.15) is 6.10 Å². The second-order valence-corrected chi connectivity index (χ2v) is 4.68. The van der Waals surface area contributed by atoms with Crippen molar-refractivity contribution in [3.8, 4) is 0 Å². The number of aliphatic hydroxyl groups is 1. The first-order chi connectivity index (χ1) is 6.04. The highest BCUT2D eigenvalue weighted by Crippen LogP contribution is 2.27. The zero-order chi connectivity index (χ0) is 10.0. The minimum atomic E-state index is -0.514. The third kappa shape index (κ3) is 2.30. The number of hydrogen-bond acceptors (Lipinski definition) is 3. The summed E-state index contributed by atoms with van der Waals surface area (Å²) in [5, 5.41) is 11.9. The summed E-state index contributed by atoms with van der Waals surface area (Å²) in [5.74, 6) is 0.302. The molecule has 1 unspecified atom stereocenters. The van der Waals surface area contributed by atoms with Crippen molar-refractivity contribution < 1.29 is 5.11 Å². The highest BCUT2D eigenvalue weighted by Gasteiger charge is 2.22. The summed E-state index contributed by atoms with van der Waals surface area (Å²) in [6.45, 7) is 6.05. The molecule has 0 bridgehead atoms. The zero-order valence-corrected chi connectivity index (χ0v) is 9.14. The second-order valence-electron chi connectivity index (χ2n) is 3.73. The Hall–Kier alpha value is -0.380. The SMILES string of the molecule is Cc1ccsc1C(O)[C@H](N)C(C)C. The van der Waals surface area contributed by atoms with Crippen molar-refractivity contribution in [2.24, 2.45) is 11.7 Å². The summed E-state index contributed by atoms with van der Waals surface area (Å²) >= 11 is 1.57. The lowest BCUT2D eigenvalue weighted by atomic mass is 9.97.